The summed E-state index contributed by atoms with van der Waals surface area (Å²) in [6.45, 7) is 3.13. The molecule has 13 heavy (non-hydrogen) atoms. The van der Waals surface area contributed by atoms with Gasteiger partial charge in [0.05, 0.1) is 0 Å². The number of anilines is 1. The smallest absolute Gasteiger partial charge is 0.0340 e. The molecule has 1 heteroatoms. The van der Waals surface area contributed by atoms with Crippen molar-refractivity contribution in [3.05, 3.63) is 29.8 Å². The molecule has 0 spiro atoms. The molecule has 1 N–H and O–H groups in total. The molecule has 0 aromatic heterocycles. The Kier molecular flexibility index (Phi) is 2.53. The summed E-state index contributed by atoms with van der Waals surface area (Å²) in [4.78, 5) is 0. The van der Waals surface area contributed by atoms with Gasteiger partial charge in [0, 0.05) is 12.2 Å². The van der Waals surface area contributed by atoms with Gasteiger partial charge in [-0.05, 0) is 43.4 Å². The maximum atomic E-state index is 3.31. The summed E-state index contributed by atoms with van der Waals surface area (Å²) in [7, 11) is 0. The average molecular weight is 175 g/mol. The van der Waals surface area contributed by atoms with Crippen molar-refractivity contribution in [2.24, 2.45) is 0 Å². The van der Waals surface area contributed by atoms with Crippen LogP contribution in [0, 0.1) is 0 Å². The molecular weight excluding hydrogens is 158 g/mol. The molecule has 1 nitrogen and oxygen atoms in total. The minimum Gasteiger partial charge on any atom is -0.385 e. The van der Waals surface area contributed by atoms with Crippen molar-refractivity contribution in [2.75, 3.05) is 11.9 Å². The zero-order chi connectivity index (χ0) is 9.10. The topological polar surface area (TPSA) is 12.0 Å². The first-order chi connectivity index (χ1) is 6.40. The number of benzene rings is 1. The minimum atomic E-state index is 0.857. The van der Waals surface area contributed by atoms with Crippen molar-refractivity contribution in [2.45, 2.75) is 32.1 Å². The highest BCUT2D eigenvalue weighted by atomic mass is 14.8. The van der Waals surface area contributed by atoms with Gasteiger partial charge in [-0.15, -0.1) is 0 Å². The lowest BCUT2D eigenvalue weighted by Gasteiger charge is -2.25. The maximum Gasteiger partial charge on any atom is 0.0340 e. The molecule has 0 aliphatic heterocycles. The highest BCUT2D eigenvalue weighted by Gasteiger charge is 2.18. The Morgan fingerprint density at radius 3 is 2.38 bits per heavy atom. The van der Waals surface area contributed by atoms with Gasteiger partial charge in [0.2, 0.25) is 0 Å². The predicted octanol–water partition coefficient (Wildman–Crippen LogP) is 3.39. The summed E-state index contributed by atoms with van der Waals surface area (Å²) in [6, 6.07) is 8.91. The Hall–Kier alpha value is -0.980. The van der Waals surface area contributed by atoms with E-state index < -0.39 is 0 Å². The van der Waals surface area contributed by atoms with Crippen LogP contribution in [-0.4, -0.2) is 6.54 Å². The first-order valence-corrected chi connectivity index (χ1v) is 5.24. The van der Waals surface area contributed by atoms with E-state index in [1.807, 2.05) is 0 Å². The van der Waals surface area contributed by atoms with E-state index in [4.69, 9.17) is 0 Å². The lowest BCUT2D eigenvalue weighted by molar-refractivity contribution is 0.420. The van der Waals surface area contributed by atoms with E-state index in [2.05, 4.69) is 36.5 Å². The third-order valence-electron chi connectivity index (χ3n) is 2.87. The van der Waals surface area contributed by atoms with Gasteiger partial charge in [-0.2, -0.15) is 0 Å². The average Bonchev–Trinajstić information content (AvgIpc) is 2.06. The van der Waals surface area contributed by atoms with Crippen molar-refractivity contribution < 1.29 is 0 Å². The summed E-state index contributed by atoms with van der Waals surface area (Å²) in [5.74, 6) is 0.857. The van der Waals surface area contributed by atoms with Gasteiger partial charge in [0.1, 0.15) is 0 Å². The summed E-state index contributed by atoms with van der Waals surface area (Å²) in [6.07, 6.45) is 4.20. The quantitative estimate of drug-likeness (QED) is 0.742. The molecule has 0 unspecified atom stereocenters. The van der Waals surface area contributed by atoms with Crippen molar-refractivity contribution >= 4 is 5.69 Å². The maximum absolute atomic E-state index is 3.31. The van der Waals surface area contributed by atoms with Gasteiger partial charge in [0.15, 0.2) is 0 Å². The molecule has 70 valence electrons. The van der Waals surface area contributed by atoms with Crippen LogP contribution < -0.4 is 5.32 Å². The van der Waals surface area contributed by atoms with Gasteiger partial charge < -0.3 is 5.32 Å². The van der Waals surface area contributed by atoms with E-state index >= 15 is 0 Å². The molecule has 0 saturated heterocycles. The number of rotatable bonds is 3. The van der Waals surface area contributed by atoms with Crippen molar-refractivity contribution in [1.29, 1.82) is 0 Å². The Balaban J connectivity index is 2.04. The second-order valence-corrected chi connectivity index (χ2v) is 3.78. The van der Waals surface area contributed by atoms with Gasteiger partial charge in [-0.1, -0.05) is 18.6 Å². The van der Waals surface area contributed by atoms with Crippen LogP contribution in [0.4, 0.5) is 5.69 Å². The first-order valence-electron chi connectivity index (χ1n) is 5.24. The molecule has 2 rings (SSSR count). The highest BCUT2D eigenvalue weighted by molar-refractivity contribution is 5.45. The molecule has 1 aliphatic rings. The molecule has 1 aromatic carbocycles. The summed E-state index contributed by atoms with van der Waals surface area (Å²) < 4.78 is 0. The predicted molar refractivity (Wildman–Crippen MR) is 57.2 cm³/mol. The minimum absolute atomic E-state index is 0.857. The molecule has 0 atom stereocenters. The van der Waals surface area contributed by atoms with E-state index in [9.17, 15) is 0 Å². The van der Waals surface area contributed by atoms with Crippen LogP contribution in [0.3, 0.4) is 0 Å². The number of nitrogens with one attached hydrogen (secondary N) is 1. The van der Waals surface area contributed by atoms with Crippen molar-refractivity contribution in [3.63, 3.8) is 0 Å². The molecule has 1 aliphatic carbocycles. The zero-order valence-corrected chi connectivity index (χ0v) is 8.22. The van der Waals surface area contributed by atoms with E-state index in [1.54, 1.807) is 0 Å². The summed E-state index contributed by atoms with van der Waals surface area (Å²) in [5, 5.41) is 3.31. The fourth-order valence-corrected chi connectivity index (χ4v) is 1.82. The van der Waals surface area contributed by atoms with Crippen LogP contribution in [0.5, 0.6) is 0 Å². The fourth-order valence-electron chi connectivity index (χ4n) is 1.82. The van der Waals surface area contributed by atoms with Crippen LogP contribution in [0.25, 0.3) is 0 Å². The Morgan fingerprint density at radius 1 is 1.23 bits per heavy atom. The lowest BCUT2D eigenvalue weighted by atomic mass is 9.80. The van der Waals surface area contributed by atoms with E-state index in [-0.39, 0.29) is 0 Å². The zero-order valence-electron chi connectivity index (χ0n) is 8.22. The number of hydrogen-bond donors (Lipinski definition) is 1. The van der Waals surface area contributed by atoms with E-state index in [1.165, 1.54) is 30.5 Å². The highest BCUT2D eigenvalue weighted by Crippen LogP contribution is 2.36. The molecule has 0 amide bonds. The third kappa shape index (κ3) is 1.85. The van der Waals surface area contributed by atoms with Crippen molar-refractivity contribution in [1.82, 2.24) is 0 Å². The molecular formula is C12H17N. The molecule has 0 bridgehead atoms. The van der Waals surface area contributed by atoms with Crippen LogP contribution in [-0.2, 0) is 0 Å². The number of hydrogen-bond acceptors (Lipinski definition) is 1. The summed E-state index contributed by atoms with van der Waals surface area (Å²) in [5.41, 5.74) is 2.76. The lowest BCUT2D eigenvalue weighted by Crippen LogP contribution is -2.08. The second kappa shape index (κ2) is 3.82. The Morgan fingerprint density at radius 2 is 1.92 bits per heavy atom. The van der Waals surface area contributed by atoms with Gasteiger partial charge in [-0.25, -0.2) is 0 Å². The molecule has 0 heterocycles. The molecule has 1 fully saturated rings. The van der Waals surface area contributed by atoms with Gasteiger partial charge in [0.25, 0.3) is 0 Å². The van der Waals surface area contributed by atoms with Crippen LogP contribution in [0.2, 0.25) is 0 Å². The Labute approximate surface area is 80.2 Å². The van der Waals surface area contributed by atoms with Gasteiger partial charge >= 0.3 is 0 Å². The molecule has 1 saturated carbocycles. The Bertz CT molecular complexity index is 259. The van der Waals surface area contributed by atoms with E-state index in [0.717, 1.165) is 12.5 Å². The third-order valence-corrected chi connectivity index (χ3v) is 2.87. The standard InChI is InChI=1S/C12H17N/c1-2-13-12-8-6-11(7-9-12)10-4-3-5-10/h6-10,13H,2-5H2,1H3. The van der Waals surface area contributed by atoms with E-state index in [0.29, 0.717) is 0 Å². The molecule has 1 aromatic rings. The first kappa shape index (κ1) is 8.61. The second-order valence-electron chi connectivity index (χ2n) is 3.78. The van der Waals surface area contributed by atoms with Gasteiger partial charge in [-0.3, -0.25) is 0 Å². The van der Waals surface area contributed by atoms with Crippen LogP contribution in [0.1, 0.15) is 37.7 Å². The monoisotopic (exact) mass is 175 g/mol. The van der Waals surface area contributed by atoms with Crippen molar-refractivity contribution in [3.8, 4) is 0 Å². The largest absolute Gasteiger partial charge is 0.385 e. The van der Waals surface area contributed by atoms with Crippen LogP contribution in [0.15, 0.2) is 24.3 Å². The SMILES string of the molecule is CCNc1ccc(C2CCC2)cc1. The fraction of sp³-hybridized carbons (Fsp3) is 0.500. The van der Waals surface area contributed by atoms with Crippen LogP contribution >= 0.6 is 0 Å². The summed E-state index contributed by atoms with van der Waals surface area (Å²) >= 11 is 0. The normalized spacial score (nSPS) is 16.7. The molecule has 0 radical (unpaired) electrons.